The maximum atomic E-state index is 8.67. The Morgan fingerprint density at radius 3 is 2.62 bits per heavy atom. The van der Waals surface area contributed by atoms with Crippen LogP contribution in [0.2, 0.25) is 10.0 Å². The van der Waals surface area contributed by atoms with E-state index in [4.69, 9.17) is 37.9 Å². The van der Waals surface area contributed by atoms with Crippen LogP contribution in [0, 0.1) is 0 Å². The van der Waals surface area contributed by atoms with Gasteiger partial charge in [0.2, 0.25) is 0 Å². The lowest BCUT2D eigenvalue weighted by atomic mass is 10.2. The smallest absolute Gasteiger partial charge is 0.132 e. The topological polar surface area (TPSA) is 51.0 Å². The van der Waals surface area contributed by atoms with Gasteiger partial charge in [-0.25, -0.2) is 0 Å². The van der Waals surface area contributed by atoms with E-state index in [1.807, 2.05) is 6.07 Å². The first-order valence-corrected chi connectivity index (χ1v) is 6.82. The average Bonchev–Trinajstić information content (AvgIpc) is 2.50. The second kappa shape index (κ2) is 7.20. The number of rotatable bonds is 5. The van der Waals surface area contributed by atoms with Gasteiger partial charge in [0, 0.05) is 11.6 Å². The van der Waals surface area contributed by atoms with Crippen molar-refractivity contribution < 1.29 is 14.7 Å². The molecule has 0 fully saturated rings. The van der Waals surface area contributed by atoms with Crippen LogP contribution in [0.25, 0.3) is 0 Å². The van der Waals surface area contributed by atoms with Crippen molar-refractivity contribution in [2.24, 2.45) is 5.16 Å². The van der Waals surface area contributed by atoms with Crippen molar-refractivity contribution in [3.8, 4) is 11.5 Å². The molecule has 110 valence electrons. The SMILES string of the molecule is COc1ccc(C=NO)c(OCc2ccc(Cl)c(Cl)c2)c1. The summed E-state index contributed by atoms with van der Waals surface area (Å²) >= 11 is 11.8. The molecule has 1 N–H and O–H groups in total. The third-order valence-electron chi connectivity index (χ3n) is 2.80. The molecule has 0 aromatic heterocycles. The quantitative estimate of drug-likeness (QED) is 0.504. The van der Waals surface area contributed by atoms with Gasteiger partial charge in [-0.15, -0.1) is 0 Å². The minimum Gasteiger partial charge on any atom is -0.497 e. The maximum absolute atomic E-state index is 8.67. The van der Waals surface area contributed by atoms with Crippen LogP contribution in [-0.4, -0.2) is 18.5 Å². The van der Waals surface area contributed by atoms with Crippen molar-refractivity contribution in [2.45, 2.75) is 6.61 Å². The Morgan fingerprint density at radius 1 is 1.14 bits per heavy atom. The molecule has 0 saturated heterocycles. The third kappa shape index (κ3) is 4.03. The number of benzene rings is 2. The van der Waals surface area contributed by atoms with Gasteiger partial charge in [0.1, 0.15) is 18.1 Å². The van der Waals surface area contributed by atoms with E-state index in [-0.39, 0.29) is 0 Å². The van der Waals surface area contributed by atoms with E-state index in [9.17, 15) is 0 Å². The third-order valence-corrected chi connectivity index (χ3v) is 3.53. The van der Waals surface area contributed by atoms with Gasteiger partial charge in [-0.2, -0.15) is 0 Å². The number of hydrogen-bond donors (Lipinski definition) is 1. The van der Waals surface area contributed by atoms with E-state index >= 15 is 0 Å². The highest BCUT2D eigenvalue weighted by Gasteiger charge is 2.06. The van der Waals surface area contributed by atoms with Gasteiger partial charge in [-0.05, 0) is 29.8 Å². The molecule has 0 bridgehead atoms. The van der Waals surface area contributed by atoms with Crippen molar-refractivity contribution >= 4 is 29.4 Å². The second-order valence-corrected chi connectivity index (χ2v) is 5.00. The summed E-state index contributed by atoms with van der Waals surface area (Å²) in [5.41, 5.74) is 1.51. The summed E-state index contributed by atoms with van der Waals surface area (Å²) in [5, 5.41) is 12.7. The number of halogens is 2. The molecular formula is C15H13Cl2NO3. The molecule has 2 aromatic carbocycles. The zero-order chi connectivity index (χ0) is 15.2. The molecule has 0 atom stereocenters. The minimum absolute atomic E-state index is 0.302. The fraction of sp³-hybridized carbons (Fsp3) is 0.133. The molecule has 0 spiro atoms. The molecule has 0 amide bonds. The van der Waals surface area contributed by atoms with Crippen molar-refractivity contribution in [1.82, 2.24) is 0 Å². The Bertz CT molecular complexity index is 659. The fourth-order valence-corrected chi connectivity index (χ4v) is 2.05. The highest BCUT2D eigenvalue weighted by molar-refractivity contribution is 6.42. The summed E-state index contributed by atoms with van der Waals surface area (Å²) in [6.45, 7) is 0.302. The normalized spacial score (nSPS) is 10.8. The summed E-state index contributed by atoms with van der Waals surface area (Å²) < 4.78 is 10.9. The summed E-state index contributed by atoms with van der Waals surface area (Å²) in [7, 11) is 1.57. The molecule has 21 heavy (non-hydrogen) atoms. The molecule has 0 saturated carbocycles. The molecule has 0 radical (unpaired) electrons. The summed E-state index contributed by atoms with van der Waals surface area (Å²) in [6, 6.07) is 10.5. The lowest BCUT2D eigenvalue weighted by Gasteiger charge is -2.11. The van der Waals surface area contributed by atoms with Crippen LogP contribution in [0.4, 0.5) is 0 Å². The zero-order valence-electron chi connectivity index (χ0n) is 11.2. The van der Waals surface area contributed by atoms with Crippen LogP contribution in [0.5, 0.6) is 11.5 Å². The van der Waals surface area contributed by atoms with Crippen LogP contribution >= 0.6 is 23.2 Å². The first-order chi connectivity index (χ1) is 10.1. The molecule has 2 aromatic rings. The van der Waals surface area contributed by atoms with Crippen molar-refractivity contribution in [1.29, 1.82) is 0 Å². The van der Waals surface area contributed by atoms with E-state index in [1.54, 1.807) is 37.4 Å². The Balaban J connectivity index is 2.19. The van der Waals surface area contributed by atoms with E-state index in [0.29, 0.717) is 33.7 Å². The maximum Gasteiger partial charge on any atom is 0.132 e. The van der Waals surface area contributed by atoms with E-state index in [2.05, 4.69) is 5.16 Å². The van der Waals surface area contributed by atoms with Crippen molar-refractivity contribution in [3.63, 3.8) is 0 Å². The van der Waals surface area contributed by atoms with Crippen molar-refractivity contribution in [3.05, 3.63) is 57.6 Å². The van der Waals surface area contributed by atoms with Gasteiger partial charge in [-0.1, -0.05) is 34.4 Å². The monoisotopic (exact) mass is 325 g/mol. The predicted octanol–water partition coefficient (Wildman–Crippen LogP) is 4.39. The van der Waals surface area contributed by atoms with Crippen molar-refractivity contribution in [2.75, 3.05) is 7.11 Å². The highest BCUT2D eigenvalue weighted by atomic mass is 35.5. The minimum atomic E-state index is 0.302. The molecule has 0 aliphatic heterocycles. The van der Waals surface area contributed by atoms with Gasteiger partial charge in [-0.3, -0.25) is 0 Å². The second-order valence-electron chi connectivity index (χ2n) is 4.19. The summed E-state index contributed by atoms with van der Waals surface area (Å²) in [6.07, 6.45) is 1.30. The highest BCUT2D eigenvalue weighted by Crippen LogP contribution is 2.26. The molecule has 0 heterocycles. The predicted molar refractivity (Wildman–Crippen MR) is 83.2 cm³/mol. The first-order valence-electron chi connectivity index (χ1n) is 6.06. The van der Waals surface area contributed by atoms with E-state index < -0.39 is 0 Å². The van der Waals surface area contributed by atoms with Gasteiger partial charge in [0.05, 0.1) is 23.4 Å². The average molecular weight is 326 g/mol. The number of ether oxygens (including phenoxy) is 2. The number of hydrogen-bond acceptors (Lipinski definition) is 4. The standard InChI is InChI=1S/C15H13Cl2NO3/c1-20-12-4-3-11(8-18-19)15(7-12)21-9-10-2-5-13(16)14(17)6-10/h2-8,19H,9H2,1H3. The molecule has 6 heteroatoms. The Kier molecular flexibility index (Phi) is 5.31. The lowest BCUT2D eigenvalue weighted by Crippen LogP contribution is -1.99. The Hall–Kier alpha value is -1.91. The number of oxime groups is 1. The van der Waals surface area contributed by atoms with Crippen LogP contribution in [0.1, 0.15) is 11.1 Å². The van der Waals surface area contributed by atoms with E-state index in [0.717, 1.165) is 5.56 Å². The summed E-state index contributed by atoms with van der Waals surface area (Å²) in [5.74, 6) is 1.19. The Labute approximate surface area is 132 Å². The largest absolute Gasteiger partial charge is 0.497 e. The molecule has 4 nitrogen and oxygen atoms in total. The van der Waals surface area contributed by atoms with Gasteiger partial charge >= 0.3 is 0 Å². The Morgan fingerprint density at radius 2 is 1.95 bits per heavy atom. The molecule has 2 rings (SSSR count). The molecule has 0 unspecified atom stereocenters. The lowest BCUT2D eigenvalue weighted by molar-refractivity contribution is 0.302. The summed E-state index contributed by atoms with van der Waals surface area (Å²) in [4.78, 5) is 0. The fourth-order valence-electron chi connectivity index (χ4n) is 1.73. The van der Waals surface area contributed by atoms with Crippen LogP contribution < -0.4 is 9.47 Å². The van der Waals surface area contributed by atoms with E-state index in [1.165, 1.54) is 6.21 Å². The van der Waals surface area contributed by atoms with Crippen LogP contribution in [-0.2, 0) is 6.61 Å². The van der Waals surface area contributed by atoms with Gasteiger partial charge < -0.3 is 14.7 Å². The molecule has 0 aliphatic carbocycles. The van der Waals surface area contributed by atoms with Crippen LogP contribution in [0.15, 0.2) is 41.6 Å². The molecular weight excluding hydrogens is 313 g/mol. The zero-order valence-corrected chi connectivity index (χ0v) is 12.7. The van der Waals surface area contributed by atoms with Gasteiger partial charge in [0.15, 0.2) is 0 Å². The molecule has 0 aliphatic rings. The number of nitrogens with zero attached hydrogens (tertiary/aromatic N) is 1. The van der Waals surface area contributed by atoms with Gasteiger partial charge in [0.25, 0.3) is 0 Å². The first kappa shape index (κ1) is 15.5. The number of methoxy groups -OCH3 is 1. The van der Waals surface area contributed by atoms with Crippen LogP contribution in [0.3, 0.4) is 0 Å².